The molecule has 0 rings (SSSR count). The summed E-state index contributed by atoms with van der Waals surface area (Å²) in [7, 11) is 1.35. The van der Waals surface area contributed by atoms with Crippen molar-refractivity contribution in [3.05, 3.63) is 0 Å². The molecule has 0 spiro atoms. The van der Waals surface area contributed by atoms with E-state index in [2.05, 4.69) is 4.74 Å². The Morgan fingerprint density at radius 2 is 2.00 bits per heavy atom. The Morgan fingerprint density at radius 3 is 2.50 bits per heavy atom. The Labute approximate surface area is 83.2 Å². The van der Waals surface area contributed by atoms with Crippen molar-refractivity contribution in [3.63, 3.8) is 0 Å². The van der Waals surface area contributed by atoms with Crippen molar-refractivity contribution in [3.8, 4) is 0 Å². The van der Waals surface area contributed by atoms with Crippen LogP contribution in [0.2, 0.25) is 0 Å². The molecule has 82 valence electrons. The molecule has 0 aliphatic heterocycles. The number of carboxylic acids is 1. The van der Waals surface area contributed by atoms with Crippen molar-refractivity contribution >= 4 is 11.9 Å². The highest BCUT2D eigenvalue weighted by atomic mass is 16.5. The number of rotatable bonds is 7. The standard InChI is InChI=1S/C9H17NO4/c1-14-8(11)6-4-2-3-5-7(10)9(12)13/h7H,2-6,10H2,1H3,(H,12,13)/t7-/m0/s1. The number of carboxylic acid groups (broad SMARTS) is 1. The Hall–Kier alpha value is -1.10. The first-order chi connectivity index (χ1) is 6.57. The molecular weight excluding hydrogens is 186 g/mol. The van der Waals surface area contributed by atoms with Gasteiger partial charge >= 0.3 is 11.9 Å². The van der Waals surface area contributed by atoms with Crippen LogP contribution in [0, 0.1) is 0 Å². The van der Waals surface area contributed by atoms with Crippen LogP contribution in [0.5, 0.6) is 0 Å². The van der Waals surface area contributed by atoms with E-state index in [1.165, 1.54) is 7.11 Å². The Morgan fingerprint density at radius 1 is 1.36 bits per heavy atom. The summed E-state index contributed by atoms with van der Waals surface area (Å²) in [4.78, 5) is 21.0. The minimum atomic E-state index is -0.974. The number of aliphatic carboxylic acids is 1. The van der Waals surface area contributed by atoms with Crippen LogP contribution in [0.3, 0.4) is 0 Å². The highest BCUT2D eigenvalue weighted by Gasteiger charge is 2.10. The average Bonchev–Trinajstić information content (AvgIpc) is 2.16. The topological polar surface area (TPSA) is 89.6 Å². The molecule has 0 heterocycles. The van der Waals surface area contributed by atoms with Gasteiger partial charge in [0.05, 0.1) is 7.11 Å². The quantitative estimate of drug-likeness (QED) is 0.465. The van der Waals surface area contributed by atoms with Crippen LogP contribution in [-0.2, 0) is 14.3 Å². The summed E-state index contributed by atoms with van der Waals surface area (Å²) in [6, 6.07) is -0.784. The van der Waals surface area contributed by atoms with E-state index in [0.717, 1.165) is 19.3 Å². The van der Waals surface area contributed by atoms with Crippen LogP contribution < -0.4 is 5.73 Å². The van der Waals surface area contributed by atoms with Gasteiger partial charge in [0, 0.05) is 6.42 Å². The maximum atomic E-state index is 10.7. The van der Waals surface area contributed by atoms with Crippen molar-refractivity contribution in [2.45, 2.75) is 38.1 Å². The molecule has 14 heavy (non-hydrogen) atoms. The highest BCUT2D eigenvalue weighted by molar-refractivity contribution is 5.72. The summed E-state index contributed by atoms with van der Waals surface area (Å²) in [5.74, 6) is -1.20. The molecule has 0 aliphatic rings. The molecule has 0 bridgehead atoms. The number of hydrogen-bond acceptors (Lipinski definition) is 4. The summed E-state index contributed by atoms with van der Waals surface area (Å²) in [6.45, 7) is 0. The van der Waals surface area contributed by atoms with Crippen molar-refractivity contribution in [2.24, 2.45) is 5.73 Å². The maximum absolute atomic E-state index is 10.7. The first kappa shape index (κ1) is 12.9. The summed E-state index contributed by atoms with van der Waals surface area (Å²) in [5, 5.41) is 8.47. The summed E-state index contributed by atoms with van der Waals surface area (Å²) in [6.07, 6.45) is 3.09. The van der Waals surface area contributed by atoms with Crippen LogP contribution >= 0.6 is 0 Å². The van der Waals surface area contributed by atoms with E-state index < -0.39 is 12.0 Å². The number of carbonyl (C=O) groups is 2. The number of nitrogens with two attached hydrogens (primary N) is 1. The molecule has 0 unspecified atom stereocenters. The van der Waals surface area contributed by atoms with Crippen LogP contribution in [0.15, 0.2) is 0 Å². The summed E-state index contributed by atoms with van der Waals surface area (Å²) < 4.78 is 4.46. The van der Waals surface area contributed by atoms with Crippen LogP contribution in [-0.4, -0.2) is 30.2 Å². The van der Waals surface area contributed by atoms with Gasteiger partial charge in [0.1, 0.15) is 6.04 Å². The van der Waals surface area contributed by atoms with Crippen LogP contribution in [0.1, 0.15) is 32.1 Å². The zero-order chi connectivity index (χ0) is 11.0. The number of unbranched alkanes of at least 4 members (excludes halogenated alkanes) is 2. The van der Waals surface area contributed by atoms with Gasteiger partial charge in [-0.05, 0) is 12.8 Å². The fourth-order valence-corrected chi connectivity index (χ4v) is 1.04. The van der Waals surface area contributed by atoms with Crippen LogP contribution in [0.4, 0.5) is 0 Å². The lowest BCUT2D eigenvalue weighted by atomic mass is 10.1. The fraction of sp³-hybridized carbons (Fsp3) is 0.778. The summed E-state index contributed by atoms with van der Waals surface area (Å²) in [5.41, 5.74) is 5.29. The second-order valence-corrected chi connectivity index (χ2v) is 3.12. The van der Waals surface area contributed by atoms with Gasteiger partial charge in [-0.15, -0.1) is 0 Å². The molecule has 3 N–H and O–H groups in total. The van der Waals surface area contributed by atoms with E-state index in [9.17, 15) is 9.59 Å². The van der Waals surface area contributed by atoms with Crippen LogP contribution in [0.25, 0.3) is 0 Å². The lowest BCUT2D eigenvalue weighted by Gasteiger charge is -2.05. The van der Waals surface area contributed by atoms with Gasteiger partial charge < -0.3 is 15.6 Å². The molecule has 0 aliphatic carbocycles. The summed E-state index contributed by atoms with van der Waals surface area (Å²) >= 11 is 0. The van der Waals surface area contributed by atoms with E-state index in [4.69, 9.17) is 10.8 Å². The van der Waals surface area contributed by atoms with Gasteiger partial charge in [-0.2, -0.15) is 0 Å². The molecule has 0 aromatic rings. The maximum Gasteiger partial charge on any atom is 0.320 e. The van der Waals surface area contributed by atoms with Crippen molar-refractivity contribution in [2.75, 3.05) is 7.11 Å². The van der Waals surface area contributed by atoms with Crippen molar-refractivity contribution in [1.82, 2.24) is 0 Å². The first-order valence-corrected chi connectivity index (χ1v) is 4.63. The largest absolute Gasteiger partial charge is 0.480 e. The van der Waals surface area contributed by atoms with Gasteiger partial charge in [0.25, 0.3) is 0 Å². The lowest BCUT2D eigenvalue weighted by Crippen LogP contribution is -2.29. The minimum Gasteiger partial charge on any atom is -0.480 e. The molecule has 0 radical (unpaired) electrons. The van der Waals surface area contributed by atoms with E-state index >= 15 is 0 Å². The monoisotopic (exact) mass is 203 g/mol. The van der Waals surface area contributed by atoms with Gasteiger partial charge in [0.15, 0.2) is 0 Å². The zero-order valence-electron chi connectivity index (χ0n) is 8.36. The van der Waals surface area contributed by atoms with E-state index in [-0.39, 0.29) is 5.97 Å². The normalized spacial score (nSPS) is 12.1. The Kier molecular flexibility index (Phi) is 6.74. The van der Waals surface area contributed by atoms with Crippen molar-refractivity contribution < 1.29 is 19.4 Å². The van der Waals surface area contributed by atoms with Gasteiger partial charge in [-0.3, -0.25) is 9.59 Å². The SMILES string of the molecule is COC(=O)CCCCC[C@H](N)C(=O)O. The molecular formula is C9H17NO4. The molecule has 0 saturated carbocycles. The Balaban J connectivity index is 3.30. The second-order valence-electron chi connectivity index (χ2n) is 3.12. The third-order valence-electron chi connectivity index (χ3n) is 1.94. The van der Waals surface area contributed by atoms with Gasteiger partial charge in [0.2, 0.25) is 0 Å². The van der Waals surface area contributed by atoms with Gasteiger partial charge in [-0.25, -0.2) is 0 Å². The zero-order valence-corrected chi connectivity index (χ0v) is 8.36. The Bertz CT molecular complexity index is 193. The molecule has 5 heteroatoms. The average molecular weight is 203 g/mol. The van der Waals surface area contributed by atoms with E-state index in [1.54, 1.807) is 0 Å². The molecule has 5 nitrogen and oxygen atoms in total. The minimum absolute atomic E-state index is 0.229. The molecule has 0 saturated heterocycles. The highest BCUT2D eigenvalue weighted by Crippen LogP contribution is 2.05. The molecule has 0 aromatic carbocycles. The first-order valence-electron chi connectivity index (χ1n) is 4.63. The van der Waals surface area contributed by atoms with E-state index in [1.807, 2.05) is 0 Å². The predicted octanol–water partition coefficient (Wildman–Crippen LogP) is 0.522. The number of hydrogen-bond donors (Lipinski definition) is 2. The van der Waals surface area contributed by atoms with Crippen molar-refractivity contribution in [1.29, 1.82) is 0 Å². The van der Waals surface area contributed by atoms with E-state index in [0.29, 0.717) is 12.8 Å². The molecule has 0 amide bonds. The van der Waals surface area contributed by atoms with Gasteiger partial charge in [-0.1, -0.05) is 12.8 Å². The third kappa shape index (κ3) is 6.42. The number of ether oxygens (including phenoxy) is 1. The number of methoxy groups -OCH3 is 1. The predicted molar refractivity (Wildman–Crippen MR) is 50.7 cm³/mol. The number of esters is 1. The molecule has 0 fully saturated rings. The smallest absolute Gasteiger partial charge is 0.320 e. The number of carbonyl (C=O) groups excluding carboxylic acids is 1. The lowest BCUT2D eigenvalue weighted by molar-refractivity contribution is -0.141. The molecule has 1 atom stereocenters. The fourth-order valence-electron chi connectivity index (χ4n) is 1.04. The second kappa shape index (κ2) is 7.32. The third-order valence-corrected chi connectivity index (χ3v) is 1.94. The molecule has 0 aromatic heterocycles.